The van der Waals surface area contributed by atoms with Crippen molar-refractivity contribution in [3.63, 3.8) is 0 Å². The lowest BCUT2D eigenvalue weighted by atomic mass is 10.1. The minimum Gasteiger partial charge on any atom is -0.383 e. The first-order chi connectivity index (χ1) is 8.13. The van der Waals surface area contributed by atoms with E-state index in [9.17, 15) is 4.39 Å². The predicted octanol–water partition coefficient (Wildman–Crippen LogP) is 3.23. The SMILES string of the molecule is COCCNCC(C)=Cc1ccc(Br)cc1F. The van der Waals surface area contributed by atoms with Crippen LogP contribution in [0.5, 0.6) is 0 Å². The number of nitrogens with one attached hydrogen (secondary N) is 1. The molecule has 1 aromatic carbocycles. The minimum absolute atomic E-state index is 0.212. The molecule has 0 saturated heterocycles. The summed E-state index contributed by atoms with van der Waals surface area (Å²) in [5.41, 5.74) is 1.70. The summed E-state index contributed by atoms with van der Waals surface area (Å²) in [6.07, 6.45) is 1.85. The topological polar surface area (TPSA) is 21.3 Å². The number of hydrogen-bond acceptors (Lipinski definition) is 2. The fourth-order valence-electron chi connectivity index (χ4n) is 1.39. The van der Waals surface area contributed by atoms with Crippen LogP contribution in [0.25, 0.3) is 6.08 Å². The largest absolute Gasteiger partial charge is 0.383 e. The maximum atomic E-state index is 13.5. The fourth-order valence-corrected chi connectivity index (χ4v) is 1.73. The maximum Gasteiger partial charge on any atom is 0.131 e. The Hall–Kier alpha value is -0.710. The van der Waals surface area contributed by atoms with Gasteiger partial charge in [-0.05, 0) is 19.1 Å². The molecule has 0 aliphatic rings. The Morgan fingerprint density at radius 2 is 2.29 bits per heavy atom. The molecule has 0 aliphatic heterocycles. The Balaban J connectivity index is 2.55. The van der Waals surface area contributed by atoms with Gasteiger partial charge in [-0.15, -0.1) is 0 Å². The summed E-state index contributed by atoms with van der Waals surface area (Å²) in [6, 6.07) is 5.07. The standard InChI is InChI=1S/C13H17BrFNO/c1-10(9-16-5-6-17-2)7-11-3-4-12(14)8-13(11)15/h3-4,7-8,16H,5-6,9H2,1-2H3. The average Bonchev–Trinajstić information content (AvgIpc) is 2.28. The van der Waals surface area contributed by atoms with Gasteiger partial charge in [-0.1, -0.05) is 33.6 Å². The summed E-state index contributed by atoms with van der Waals surface area (Å²) in [5, 5.41) is 3.21. The van der Waals surface area contributed by atoms with E-state index in [-0.39, 0.29) is 5.82 Å². The molecule has 1 aromatic rings. The highest BCUT2D eigenvalue weighted by atomic mass is 79.9. The first-order valence-corrected chi connectivity index (χ1v) is 6.24. The molecule has 0 amide bonds. The van der Waals surface area contributed by atoms with Crippen LogP contribution in [-0.2, 0) is 4.74 Å². The zero-order valence-electron chi connectivity index (χ0n) is 10.1. The molecule has 2 nitrogen and oxygen atoms in total. The number of ether oxygens (including phenoxy) is 1. The van der Waals surface area contributed by atoms with Crippen LogP contribution >= 0.6 is 15.9 Å². The van der Waals surface area contributed by atoms with E-state index < -0.39 is 0 Å². The Bertz CT molecular complexity index is 393. The number of rotatable bonds is 6. The lowest BCUT2D eigenvalue weighted by Crippen LogP contribution is -2.20. The van der Waals surface area contributed by atoms with E-state index in [1.807, 2.05) is 19.1 Å². The van der Waals surface area contributed by atoms with Gasteiger partial charge in [0.05, 0.1) is 6.61 Å². The van der Waals surface area contributed by atoms with Crippen molar-refractivity contribution in [3.05, 3.63) is 39.6 Å². The van der Waals surface area contributed by atoms with Crippen molar-refractivity contribution < 1.29 is 9.13 Å². The molecule has 0 aliphatic carbocycles. The second-order valence-electron chi connectivity index (χ2n) is 3.83. The quantitative estimate of drug-likeness (QED) is 0.815. The molecular weight excluding hydrogens is 285 g/mol. The summed E-state index contributed by atoms with van der Waals surface area (Å²) in [5.74, 6) is -0.212. The summed E-state index contributed by atoms with van der Waals surface area (Å²) >= 11 is 3.23. The Kier molecular flexibility index (Phi) is 6.40. The average molecular weight is 302 g/mol. The van der Waals surface area contributed by atoms with Gasteiger partial charge in [-0.3, -0.25) is 0 Å². The molecule has 0 heterocycles. The van der Waals surface area contributed by atoms with Gasteiger partial charge in [0.2, 0.25) is 0 Å². The van der Waals surface area contributed by atoms with Gasteiger partial charge in [0, 0.05) is 30.2 Å². The highest BCUT2D eigenvalue weighted by Crippen LogP contribution is 2.17. The van der Waals surface area contributed by atoms with Crippen LogP contribution < -0.4 is 5.32 Å². The molecule has 0 spiro atoms. The third kappa shape index (κ3) is 5.44. The molecule has 17 heavy (non-hydrogen) atoms. The van der Waals surface area contributed by atoms with Crippen molar-refractivity contribution in [3.8, 4) is 0 Å². The van der Waals surface area contributed by atoms with Crippen LogP contribution in [0.1, 0.15) is 12.5 Å². The lowest BCUT2D eigenvalue weighted by Gasteiger charge is -2.05. The number of benzene rings is 1. The van der Waals surface area contributed by atoms with E-state index in [4.69, 9.17) is 4.74 Å². The van der Waals surface area contributed by atoms with Gasteiger partial charge < -0.3 is 10.1 Å². The van der Waals surface area contributed by atoms with Crippen molar-refractivity contribution >= 4 is 22.0 Å². The van der Waals surface area contributed by atoms with Crippen molar-refractivity contribution in [2.45, 2.75) is 6.92 Å². The summed E-state index contributed by atoms with van der Waals surface area (Å²) < 4.78 is 19.2. The molecule has 0 unspecified atom stereocenters. The zero-order chi connectivity index (χ0) is 12.7. The normalized spacial score (nSPS) is 11.9. The first-order valence-electron chi connectivity index (χ1n) is 5.45. The first kappa shape index (κ1) is 14.4. The van der Waals surface area contributed by atoms with E-state index in [0.29, 0.717) is 12.2 Å². The Morgan fingerprint density at radius 3 is 2.94 bits per heavy atom. The van der Waals surface area contributed by atoms with Crippen LogP contribution in [0.3, 0.4) is 0 Å². The van der Waals surface area contributed by atoms with Crippen LogP contribution in [-0.4, -0.2) is 26.8 Å². The summed E-state index contributed by atoms with van der Waals surface area (Å²) in [7, 11) is 1.67. The molecule has 4 heteroatoms. The van der Waals surface area contributed by atoms with E-state index in [1.165, 1.54) is 6.07 Å². The summed E-state index contributed by atoms with van der Waals surface area (Å²) in [6.45, 7) is 4.19. The molecule has 94 valence electrons. The Labute approximate surface area is 110 Å². The van der Waals surface area contributed by atoms with Crippen LogP contribution in [0.2, 0.25) is 0 Å². The number of hydrogen-bond donors (Lipinski definition) is 1. The molecule has 0 aromatic heterocycles. The molecule has 1 N–H and O–H groups in total. The second-order valence-corrected chi connectivity index (χ2v) is 4.74. The molecule has 0 saturated carbocycles. The van der Waals surface area contributed by atoms with Crippen molar-refractivity contribution in [1.29, 1.82) is 0 Å². The van der Waals surface area contributed by atoms with E-state index in [0.717, 1.165) is 23.1 Å². The maximum absolute atomic E-state index is 13.5. The van der Waals surface area contributed by atoms with Gasteiger partial charge in [0.25, 0.3) is 0 Å². The van der Waals surface area contributed by atoms with Crippen LogP contribution in [0.4, 0.5) is 4.39 Å². The van der Waals surface area contributed by atoms with Gasteiger partial charge in [-0.25, -0.2) is 4.39 Å². The second kappa shape index (κ2) is 7.58. The fraction of sp³-hybridized carbons (Fsp3) is 0.385. The van der Waals surface area contributed by atoms with Crippen LogP contribution in [0.15, 0.2) is 28.2 Å². The molecule has 0 atom stereocenters. The number of methoxy groups -OCH3 is 1. The van der Waals surface area contributed by atoms with Gasteiger partial charge >= 0.3 is 0 Å². The van der Waals surface area contributed by atoms with Crippen molar-refractivity contribution in [1.82, 2.24) is 5.32 Å². The molecular formula is C13H17BrFNO. The third-order valence-electron chi connectivity index (χ3n) is 2.25. The highest BCUT2D eigenvalue weighted by molar-refractivity contribution is 9.10. The van der Waals surface area contributed by atoms with Crippen molar-refractivity contribution in [2.24, 2.45) is 0 Å². The van der Waals surface area contributed by atoms with E-state index in [1.54, 1.807) is 13.2 Å². The van der Waals surface area contributed by atoms with Gasteiger partial charge in [-0.2, -0.15) is 0 Å². The van der Waals surface area contributed by atoms with Crippen LogP contribution in [0, 0.1) is 5.82 Å². The van der Waals surface area contributed by atoms with Gasteiger partial charge in [0.15, 0.2) is 0 Å². The smallest absolute Gasteiger partial charge is 0.131 e. The predicted molar refractivity (Wildman–Crippen MR) is 72.5 cm³/mol. The molecule has 1 rings (SSSR count). The number of halogens is 2. The monoisotopic (exact) mass is 301 g/mol. The highest BCUT2D eigenvalue weighted by Gasteiger charge is 2.00. The summed E-state index contributed by atoms with van der Waals surface area (Å²) in [4.78, 5) is 0. The Morgan fingerprint density at radius 1 is 1.53 bits per heavy atom. The zero-order valence-corrected chi connectivity index (χ0v) is 11.7. The third-order valence-corrected chi connectivity index (χ3v) is 2.74. The molecule has 0 bridgehead atoms. The molecule has 0 radical (unpaired) electrons. The van der Waals surface area contributed by atoms with E-state index >= 15 is 0 Å². The van der Waals surface area contributed by atoms with E-state index in [2.05, 4.69) is 21.2 Å². The van der Waals surface area contributed by atoms with Crippen molar-refractivity contribution in [2.75, 3.05) is 26.8 Å². The molecule has 0 fully saturated rings. The van der Waals surface area contributed by atoms with Gasteiger partial charge in [0.1, 0.15) is 5.82 Å². The lowest BCUT2D eigenvalue weighted by molar-refractivity contribution is 0.200. The minimum atomic E-state index is -0.212.